The first-order valence-electron chi connectivity index (χ1n) is 11.8. The molecule has 7 nitrogen and oxygen atoms in total. The number of carbonyl (C=O) groups is 2. The van der Waals surface area contributed by atoms with Crippen LogP contribution in [0.15, 0.2) is 103 Å². The summed E-state index contributed by atoms with van der Waals surface area (Å²) in [6.45, 7) is 0.0925. The SMILES string of the molecule is COc1ccc(C(O)=C2C(=O)C(=O)N(Cc3ccncc3)[C@H]2c2cccc(Oc3ccccc3)c2)cc1F. The molecule has 1 fully saturated rings. The molecule has 1 atom stereocenters. The molecule has 3 aromatic carbocycles. The van der Waals surface area contributed by atoms with Crippen molar-refractivity contribution in [1.29, 1.82) is 0 Å². The summed E-state index contributed by atoms with van der Waals surface area (Å²) >= 11 is 0. The summed E-state index contributed by atoms with van der Waals surface area (Å²) in [5.41, 5.74) is 1.19. The quantitative estimate of drug-likeness (QED) is 0.197. The lowest BCUT2D eigenvalue weighted by Gasteiger charge is -2.25. The molecule has 4 aromatic rings. The van der Waals surface area contributed by atoms with E-state index in [0.717, 1.165) is 11.6 Å². The van der Waals surface area contributed by atoms with Gasteiger partial charge < -0.3 is 19.5 Å². The zero-order valence-electron chi connectivity index (χ0n) is 20.4. The van der Waals surface area contributed by atoms with Crippen LogP contribution in [-0.4, -0.2) is 33.8 Å². The highest BCUT2D eigenvalue weighted by Gasteiger charge is 2.46. The van der Waals surface area contributed by atoms with Crippen LogP contribution in [-0.2, 0) is 16.1 Å². The molecule has 190 valence electrons. The largest absolute Gasteiger partial charge is 0.507 e. The van der Waals surface area contributed by atoms with Gasteiger partial charge in [-0.05, 0) is 65.7 Å². The Bertz CT molecular complexity index is 1520. The number of nitrogens with zero attached hydrogens (tertiary/aromatic N) is 2. The molecule has 2 heterocycles. The Morgan fingerprint density at radius 3 is 2.39 bits per heavy atom. The standard InChI is InChI=1S/C30H23FN2O5/c1-37-25-11-10-21(17-24(25)31)28(34)26-27(33(30(36)29(26)35)18-19-12-14-32-15-13-19)20-6-5-9-23(16-20)38-22-7-3-2-4-8-22/h2-17,27,34H,18H2,1H3/t27-/m0/s1. The Morgan fingerprint density at radius 2 is 1.68 bits per heavy atom. The third kappa shape index (κ3) is 4.84. The van der Waals surface area contributed by atoms with E-state index in [1.807, 2.05) is 18.2 Å². The number of aliphatic hydroxyl groups excluding tert-OH is 1. The fourth-order valence-corrected chi connectivity index (χ4v) is 4.42. The first-order chi connectivity index (χ1) is 18.5. The van der Waals surface area contributed by atoms with Gasteiger partial charge in [-0.1, -0.05) is 30.3 Å². The molecule has 0 spiro atoms. The number of para-hydroxylation sites is 1. The molecule has 1 saturated heterocycles. The van der Waals surface area contributed by atoms with Crippen molar-refractivity contribution in [2.45, 2.75) is 12.6 Å². The van der Waals surface area contributed by atoms with E-state index in [4.69, 9.17) is 9.47 Å². The van der Waals surface area contributed by atoms with E-state index in [0.29, 0.717) is 17.1 Å². The fourth-order valence-electron chi connectivity index (χ4n) is 4.42. The Balaban J connectivity index is 1.62. The highest BCUT2D eigenvalue weighted by Crippen LogP contribution is 2.41. The van der Waals surface area contributed by atoms with Gasteiger partial charge in [-0.25, -0.2) is 4.39 Å². The summed E-state index contributed by atoms with van der Waals surface area (Å²) in [5, 5.41) is 11.2. The molecule has 5 rings (SSSR count). The molecule has 0 aliphatic carbocycles. The van der Waals surface area contributed by atoms with Gasteiger partial charge in [-0.15, -0.1) is 0 Å². The zero-order chi connectivity index (χ0) is 26.6. The Morgan fingerprint density at radius 1 is 0.947 bits per heavy atom. The number of Topliss-reactive ketones (excluding diaryl/α,β-unsaturated/α-hetero) is 1. The molecule has 1 N–H and O–H groups in total. The van der Waals surface area contributed by atoms with Crippen molar-refractivity contribution >= 4 is 17.4 Å². The normalized spacial score (nSPS) is 16.5. The van der Waals surface area contributed by atoms with Crippen molar-refractivity contribution < 1.29 is 28.6 Å². The number of amides is 1. The van der Waals surface area contributed by atoms with Gasteiger partial charge in [-0.2, -0.15) is 0 Å². The Labute approximate surface area is 218 Å². The fraction of sp³-hybridized carbons (Fsp3) is 0.100. The molecular weight excluding hydrogens is 487 g/mol. The molecule has 0 radical (unpaired) electrons. The predicted molar refractivity (Wildman–Crippen MR) is 138 cm³/mol. The van der Waals surface area contributed by atoms with Crippen molar-refractivity contribution in [2.75, 3.05) is 7.11 Å². The second-order valence-corrected chi connectivity index (χ2v) is 8.62. The molecule has 8 heteroatoms. The number of rotatable bonds is 7. The van der Waals surface area contributed by atoms with Crippen molar-refractivity contribution in [2.24, 2.45) is 0 Å². The van der Waals surface area contributed by atoms with Crippen molar-refractivity contribution in [3.8, 4) is 17.2 Å². The number of aromatic nitrogens is 1. The average Bonchev–Trinajstić information content (AvgIpc) is 3.19. The number of carbonyl (C=O) groups excluding carboxylic acids is 2. The minimum absolute atomic E-state index is 0.0120. The molecule has 0 unspecified atom stereocenters. The third-order valence-corrected chi connectivity index (χ3v) is 6.22. The number of hydrogen-bond donors (Lipinski definition) is 1. The van der Waals surface area contributed by atoms with Gasteiger partial charge in [0.1, 0.15) is 17.3 Å². The molecule has 1 amide bonds. The van der Waals surface area contributed by atoms with Gasteiger partial charge in [0, 0.05) is 24.5 Å². The van der Waals surface area contributed by atoms with Crippen LogP contribution in [0.3, 0.4) is 0 Å². The molecule has 0 bridgehead atoms. The van der Waals surface area contributed by atoms with E-state index in [9.17, 15) is 19.1 Å². The van der Waals surface area contributed by atoms with Crippen LogP contribution in [0.4, 0.5) is 4.39 Å². The molecule has 38 heavy (non-hydrogen) atoms. The summed E-state index contributed by atoms with van der Waals surface area (Å²) in [6, 6.07) is 22.5. The number of methoxy groups -OCH3 is 1. The number of aliphatic hydroxyl groups is 1. The molecule has 0 saturated carbocycles. The number of likely N-dealkylation sites (tertiary alicyclic amines) is 1. The van der Waals surface area contributed by atoms with Gasteiger partial charge in [0.05, 0.1) is 18.7 Å². The van der Waals surface area contributed by atoms with Gasteiger partial charge in [0.25, 0.3) is 11.7 Å². The van der Waals surface area contributed by atoms with Crippen LogP contribution in [0.25, 0.3) is 5.76 Å². The topological polar surface area (TPSA) is 89.0 Å². The van der Waals surface area contributed by atoms with Crippen molar-refractivity contribution in [3.05, 3.63) is 125 Å². The summed E-state index contributed by atoms with van der Waals surface area (Å²) in [5.74, 6) is -1.76. The summed E-state index contributed by atoms with van der Waals surface area (Å²) in [7, 11) is 1.33. The van der Waals surface area contributed by atoms with E-state index in [1.54, 1.807) is 60.9 Å². The highest BCUT2D eigenvalue weighted by molar-refractivity contribution is 6.46. The lowest BCUT2D eigenvalue weighted by molar-refractivity contribution is -0.140. The predicted octanol–water partition coefficient (Wildman–Crippen LogP) is 5.64. The number of hydrogen-bond acceptors (Lipinski definition) is 6. The lowest BCUT2D eigenvalue weighted by Crippen LogP contribution is -2.29. The first-order valence-corrected chi connectivity index (χ1v) is 11.8. The molecular formula is C30H23FN2O5. The summed E-state index contributed by atoms with van der Waals surface area (Å²) in [6.07, 6.45) is 3.19. The third-order valence-electron chi connectivity index (χ3n) is 6.22. The van der Waals surface area contributed by atoms with E-state index in [-0.39, 0.29) is 23.4 Å². The van der Waals surface area contributed by atoms with Gasteiger partial charge >= 0.3 is 0 Å². The zero-order valence-corrected chi connectivity index (χ0v) is 20.4. The number of halogens is 1. The first kappa shape index (κ1) is 24.7. The van der Waals surface area contributed by atoms with E-state index >= 15 is 0 Å². The maximum atomic E-state index is 14.5. The van der Waals surface area contributed by atoms with E-state index < -0.39 is 29.3 Å². The van der Waals surface area contributed by atoms with Crippen LogP contribution >= 0.6 is 0 Å². The van der Waals surface area contributed by atoms with Crippen LogP contribution in [0.5, 0.6) is 17.2 Å². The number of benzene rings is 3. The van der Waals surface area contributed by atoms with Crippen LogP contribution < -0.4 is 9.47 Å². The Hall–Kier alpha value is -4.98. The average molecular weight is 511 g/mol. The maximum Gasteiger partial charge on any atom is 0.295 e. The second kappa shape index (κ2) is 10.6. The van der Waals surface area contributed by atoms with Gasteiger partial charge in [-0.3, -0.25) is 14.6 Å². The monoisotopic (exact) mass is 510 g/mol. The van der Waals surface area contributed by atoms with Crippen LogP contribution in [0.1, 0.15) is 22.7 Å². The van der Waals surface area contributed by atoms with E-state index in [2.05, 4.69) is 4.98 Å². The summed E-state index contributed by atoms with van der Waals surface area (Å²) < 4.78 is 25.4. The van der Waals surface area contributed by atoms with Gasteiger partial charge in [0.2, 0.25) is 0 Å². The van der Waals surface area contributed by atoms with Gasteiger partial charge in [0.15, 0.2) is 11.6 Å². The molecule has 1 aromatic heterocycles. The lowest BCUT2D eigenvalue weighted by atomic mass is 9.95. The van der Waals surface area contributed by atoms with Crippen LogP contribution in [0, 0.1) is 5.82 Å². The maximum absolute atomic E-state index is 14.5. The second-order valence-electron chi connectivity index (χ2n) is 8.62. The highest BCUT2D eigenvalue weighted by atomic mass is 19.1. The minimum Gasteiger partial charge on any atom is -0.507 e. The molecule has 1 aliphatic rings. The van der Waals surface area contributed by atoms with Crippen molar-refractivity contribution in [1.82, 2.24) is 9.88 Å². The van der Waals surface area contributed by atoms with Crippen LogP contribution in [0.2, 0.25) is 0 Å². The number of ketones is 1. The van der Waals surface area contributed by atoms with Crippen molar-refractivity contribution in [3.63, 3.8) is 0 Å². The van der Waals surface area contributed by atoms with E-state index in [1.165, 1.54) is 24.1 Å². The number of ether oxygens (including phenoxy) is 2. The Kier molecular flexibility index (Phi) is 6.86. The summed E-state index contributed by atoms with van der Waals surface area (Å²) in [4.78, 5) is 32.0. The number of pyridine rings is 1. The minimum atomic E-state index is -0.951. The smallest absolute Gasteiger partial charge is 0.295 e. The molecule has 1 aliphatic heterocycles.